The first kappa shape index (κ1) is 15.6. The second kappa shape index (κ2) is 6.10. The van der Waals surface area contributed by atoms with E-state index in [1.807, 2.05) is 0 Å². The molecule has 1 saturated carbocycles. The van der Waals surface area contributed by atoms with Crippen molar-refractivity contribution in [3.63, 3.8) is 0 Å². The van der Waals surface area contributed by atoms with Gasteiger partial charge >= 0.3 is 6.18 Å². The van der Waals surface area contributed by atoms with Crippen molar-refractivity contribution in [3.05, 3.63) is 0 Å². The Balaban J connectivity index is 2.59. The van der Waals surface area contributed by atoms with E-state index in [2.05, 4.69) is 0 Å². The van der Waals surface area contributed by atoms with Gasteiger partial charge < -0.3 is 9.64 Å². The van der Waals surface area contributed by atoms with Crippen LogP contribution >= 0.6 is 11.6 Å². The van der Waals surface area contributed by atoms with Crippen LogP contribution in [0.2, 0.25) is 0 Å². The first-order valence-corrected chi connectivity index (χ1v) is 6.31. The Labute approximate surface area is 109 Å². The van der Waals surface area contributed by atoms with Crippen LogP contribution < -0.4 is 0 Å². The molecule has 0 bridgehead atoms. The summed E-state index contributed by atoms with van der Waals surface area (Å²) in [7, 11) is 1.49. The molecule has 0 N–H and O–H groups in total. The van der Waals surface area contributed by atoms with Crippen molar-refractivity contribution >= 4 is 17.5 Å². The van der Waals surface area contributed by atoms with Crippen LogP contribution in [0.1, 0.15) is 25.7 Å². The van der Waals surface area contributed by atoms with E-state index >= 15 is 0 Å². The molecule has 0 heterocycles. The summed E-state index contributed by atoms with van der Waals surface area (Å²) in [5.74, 6) is -0.559. The molecule has 0 spiro atoms. The van der Waals surface area contributed by atoms with E-state index in [-0.39, 0.29) is 18.8 Å². The summed E-state index contributed by atoms with van der Waals surface area (Å²) in [5.41, 5.74) is -0.562. The van der Waals surface area contributed by atoms with Crippen LogP contribution in [-0.2, 0) is 9.53 Å². The minimum absolute atomic E-state index is 0.00350. The Morgan fingerprint density at radius 1 is 1.44 bits per heavy atom. The second-order valence-corrected chi connectivity index (χ2v) is 4.91. The fraction of sp³-hybridized carbons (Fsp3) is 0.909. The molecule has 1 fully saturated rings. The quantitative estimate of drug-likeness (QED) is 0.703. The highest BCUT2D eigenvalue weighted by Crippen LogP contribution is 2.38. The van der Waals surface area contributed by atoms with Crippen LogP contribution in [0.4, 0.5) is 13.2 Å². The molecule has 18 heavy (non-hydrogen) atoms. The number of amides is 1. The van der Waals surface area contributed by atoms with E-state index in [1.54, 1.807) is 0 Å². The molecule has 0 radical (unpaired) electrons. The lowest BCUT2D eigenvalue weighted by atomic mass is 9.77. The number of hydrogen-bond acceptors (Lipinski definition) is 2. The molecule has 7 heteroatoms. The van der Waals surface area contributed by atoms with E-state index in [0.717, 1.165) is 24.2 Å². The van der Waals surface area contributed by atoms with Crippen LogP contribution in [0, 0.1) is 0 Å². The molecule has 1 aliphatic carbocycles. The average Bonchev–Trinajstić information content (AvgIpc) is 2.20. The van der Waals surface area contributed by atoms with Gasteiger partial charge in [0.15, 0.2) is 0 Å². The van der Waals surface area contributed by atoms with Gasteiger partial charge in [0.2, 0.25) is 5.91 Å². The molecule has 0 atom stereocenters. The van der Waals surface area contributed by atoms with Crippen molar-refractivity contribution in [2.45, 2.75) is 37.5 Å². The molecule has 3 nitrogen and oxygen atoms in total. The predicted molar refractivity (Wildman–Crippen MR) is 61.6 cm³/mol. The summed E-state index contributed by atoms with van der Waals surface area (Å²) in [6.07, 6.45) is -2.03. The summed E-state index contributed by atoms with van der Waals surface area (Å²) >= 11 is 5.43. The number of carbonyl (C=O) groups excluding carboxylic acids is 1. The van der Waals surface area contributed by atoms with Crippen LogP contribution in [0.25, 0.3) is 0 Å². The molecule has 1 aliphatic rings. The minimum Gasteiger partial charge on any atom is -0.378 e. The van der Waals surface area contributed by atoms with Crippen molar-refractivity contribution in [3.8, 4) is 0 Å². The number of rotatable bonds is 6. The summed E-state index contributed by atoms with van der Waals surface area (Å²) in [6, 6.07) is 0. The molecule has 106 valence electrons. The maximum Gasteiger partial charge on any atom is 0.406 e. The lowest BCUT2D eigenvalue weighted by Crippen LogP contribution is -2.47. The first-order valence-electron chi connectivity index (χ1n) is 5.77. The fourth-order valence-electron chi connectivity index (χ4n) is 2.02. The Bertz CT molecular complexity index is 287. The second-order valence-electron chi connectivity index (χ2n) is 4.54. The SMILES string of the molecule is COC1(CC(=O)N(CCCl)CC(F)(F)F)CCC1. The normalized spacial score (nSPS) is 18.3. The van der Waals surface area contributed by atoms with E-state index < -0.39 is 24.2 Å². The van der Waals surface area contributed by atoms with E-state index in [9.17, 15) is 18.0 Å². The number of alkyl halides is 4. The molecule has 0 aromatic rings. The maximum atomic E-state index is 12.3. The molecule has 0 saturated heterocycles. The summed E-state index contributed by atoms with van der Waals surface area (Å²) in [5, 5.41) is 0. The van der Waals surface area contributed by atoms with Gasteiger partial charge in [0, 0.05) is 19.5 Å². The van der Waals surface area contributed by atoms with Gasteiger partial charge in [-0.3, -0.25) is 4.79 Å². The Morgan fingerprint density at radius 2 is 2.06 bits per heavy atom. The van der Waals surface area contributed by atoms with Crippen LogP contribution in [-0.4, -0.2) is 48.7 Å². The number of ether oxygens (including phenoxy) is 1. The largest absolute Gasteiger partial charge is 0.406 e. The van der Waals surface area contributed by atoms with Gasteiger partial charge in [0.25, 0.3) is 0 Å². The monoisotopic (exact) mass is 287 g/mol. The fourth-order valence-corrected chi connectivity index (χ4v) is 2.23. The highest BCUT2D eigenvalue weighted by atomic mass is 35.5. The molecule has 0 aliphatic heterocycles. The molecular formula is C11H17ClF3NO2. The number of hydrogen-bond donors (Lipinski definition) is 0. The van der Waals surface area contributed by atoms with Gasteiger partial charge in [-0.15, -0.1) is 11.6 Å². The zero-order chi connectivity index (χ0) is 13.8. The zero-order valence-electron chi connectivity index (χ0n) is 10.2. The Morgan fingerprint density at radius 3 is 2.39 bits per heavy atom. The van der Waals surface area contributed by atoms with Crippen LogP contribution in [0.5, 0.6) is 0 Å². The van der Waals surface area contributed by atoms with Gasteiger partial charge in [-0.25, -0.2) is 0 Å². The van der Waals surface area contributed by atoms with Gasteiger partial charge in [0.1, 0.15) is 6.54 Å². The lowest BCUT2D eigenvalue weighted by molar-refractivity contribution is -0.167. The Hall–Kier alpha value is -0.490. The van der Waals surface area contributed by atoms with Crippen molar-refractivity contribution in [2.24, 2.45) is 0 Å². The summed E-state index contributed by atoms with van der Waals surface area (Å²) < 4.78 is 42.2. The highest BCUT2D eigenvalue weighted by molar-refractivity contribution is 6.18. The van der Waals surface area contributed by atoms with Crippen molar-refractivity contribution in [1.82, 2.24) is 4.90 Å². The third-order valence-corrected chi connectivity index (χ3v) is 3.42. The third kappa shape index (κ3) is 4.31. The average molecular weight is 288 g/mol. The smallest absolute Gasteiger partial charge is 0.378 e. The van der Waals surface area contributed by atoms with Gasteiger partial charge in [0.05, 0.1) is 12.0 Å². The lowest BCUT2D eigenvalue weighted by Gasteiger charge is -2.41. The van der Waals surface area contributed by atoms with E-state index in [4.69, 9.17) is 16.3 Å². The standard InChI is InChI=1S/C11H17ClF3NO2/c1-18-10(3-2-4-10)7-9(17)16(6-5-12)8-11(13,14)15/h2-8H2,1H3. The molecular weight excluding hydrogens is 271 g/mol. The van der Waals surface area contributed by atoms with E-state index in [0.29, 0.717) is 0 Å². The van der Waals surface area contributed by atoms with Crippen molar-refractivity contribution in [2.75, 3.05) is 26.1 Å². The predicted octanol–water partition coefficient (Wildman–Crippen LogP) is 2.58. The molecule has 1 amide bonds. The van der Waals surface area contributed by atoms with E-state index in [1.165, 1.54) is 7.11 Å². The van der Waals surface area contributed by atoms with Gasteiger partial charge in [-0.1, -0.05) is 0 Å². The maximum absolute atomic E-state index is 12.3. The van der Waals surface area contributed by atoms with Gasteiger partial charge in [-0.05, 0) is 19.3 Å². The minimum atomic E-state index is -4.40. The van der Waals surface area contributed by atoms with Crippen molar-refractivity contribution in [1.29, 1.82) is 0 Å². The van der Waals surface area contributed by atoms with Crippen LogP contribution in [0.3, 0.4) is 0 Å². The van der Waals surface area contributed by atoms with Gasteiger partial charge in [-0.2, -0.15) is 13.2 Å². The summed E-state index contributed by atoms with van der Waals surface area (Å²) in [4.78, 5) is 12.6. The molecule has 0 aromatic carbocycles. The number of halogens is 4. The highest BCUT2D eigenvalue weighted by Gasteiger charge is 2.41. The molecule has 0 unspecified atom stereocenters. The molecule has 0 aromatic heterocycles. The number of nitrogens with zero attached hydrogens (tertiary/aromatic N) is 1. The summed E-state index contributed by atoms with van der Waals surface area (Å²) in [6.45, 7) is -1.35. The third-order valence-electron chi connectivity index (χ3n) is 3.25. The number of methoxy groups -OCH3 is 1. The molecule has 1 rings (SSSR count). The topological polar surface area (TPSA) is 29.5 Å². The van der Waals surface area contributed by atoms with Crippen molar-refractivity contribution < 1.29 is 22.7 Å². The number of carbonyl (C=O) groups is 1. The Kier molecular flexibility index (Phi) is 5.28. The zero-order valence-corrected chi connectivity index (χ0v) is 11.0. The van der Waals surface area contributed by atoms with Crippen LogP contribution in [0.15, 0.2) is 0 Å². The first-order chi connectivity index (χ1) is 8.32.